The van der Waals surface area contributed by atoms with E-state index in [-0.39, 0.29) is 0 Å². The Hall–Kier alpha value is -3.25. The number of urea groups is 1. The second-order valence-electron chi connectivity index (χ2n) is 6.42. The summed E-state index contributed by atoms with van der Waals surface area (Å²) in [4.78, 5) is 12.4. The van der Waals surface area contributed by atoms with Gasteiger partial charge in [0.05, 0.1) is 30.7 Å². The molecule has 0 aromatic heterocycles. The Labute approximate surface area is 170 Å². The van der Waals surface area contributed by atoms with Gasteiger partial charge in [-0.05, 0) is 37.1 Å². The first-order chi connectivity index (χ1) is 13.8. The standard InChI is InChI=1S/C20H24N4O4S/c1-15(18-10-3-4-11-19(18)24-29(2,26)27)22-20(25)23-16-8-7-9-17(14-16)28-13-6-5-12-21/h3-4,7-11,14-15,24H,5-6,13H2,1-2H3,(H2,22,23,25)/t15-/m0/s1. The number of amides is 2. The Bertz CT molecular complexity index is 986. The van der Waals surface area contributed by atoms with Crippen LogP contribution in [-0.2, 0) is 10.0 Å². The molecule has 3 N–H and O–H groups in total. The lowest BCUT2D eigenvalue weighted by Gasteiger charge is -2.19. The second-order valence-corrected chi connectivity index (χ2v) is 8.17. The Morgan fingerprint density at radius 1 is 1.21 bits per heavy atom. The van der Waals surface area contributed by atoms with Crippen molar-refractivity contribution in [2.24, 2.45) is 0 Å². The number of sulfonamides is 1. The number of ether oxygens (including phenoxy) is 1. The lowest BCUT2D eigenvalue weighted by molar-refractivity contribution is 0.249. The summed E-state index contributed by atoms with van der Waals surface area (Å²) in [5.74, 6) is 0.594. The number of nitriles is 1. The molecule has 9 heteroatoms. The number of nitrogens with zero attached hydrogens (tertiary/aromatic N) is 1. The minimum atomic E-state index is -3.44. The van der Waals surface area contributed by atoms with Crippen molar-refractivity contribution in [1.29, 1.82) is 5.26 Å². The maximum Gasteiger partial charge on any atom is 0.319 e. The maximum atomic E-state index is 12.4. The van der Waals surface area contributed by atoms with Crippen LogP contribution in [0.15, 0.2) is 48.5 Å². The molecule has 0 radical (unpaired) electrons. The second kappa shape index (κ2) is 10.3. The zero-order chi connectivity index (χ0) is 21.3. The number of hydrogen-bond acceptors (Lipinski definition) is 5. The fourth-order valence-electron chi connectivity index (χ4n) is 2.61. The van der Waals surface area contributed by atoms with E-state index in [0.29, 0.717) is 42.1 Å². The highest BCUT2D eigenvalue weighted by atomic mass is 32.2. The summed E-state index contributed by atoms with van der Waals surface area (Å²) < 4.78 is 31.1. The first-order valence-corrected chi connectivity index (χ1v) is 10.9. The summed E-state index contributed by atoms with van der Waals surface area (Å²) in [6.45, 7) is 2.18. The lowest BCUT2D eigenvalue weighted by atomic mass is 10.1. The van der Waals surface area contributed by atoms with Crippen molar-refractivity contribution < 1.29 is 17.9 Å². The topological polar surface area (TPSA) is 120 Å². The van der Waals surface area contributed by atoms with Crippen molar-refractivity contribution in [1.82, 2.24) is 5.32 Å². The summed E-state index contributed by atoms with van der Waals surface area (Å²) in [6, 6.07) is 15.0. The molecule has 0 saturated heterocycles. The van der Waals surface area contributed by atoms with Crippen molar-refractivity contribution in [2.75, 3.05) is 22.9 Å². The van der Waals surface area contributed by atoms with Gasteiger partial charge in [-0.15, -0.1) is 0 Å². The van der Waals surface area contributed by atoms with Gasteiger partial charge in [0, 0.05) is 18.2 Å². The highest BCUT2D eigenvalue weighted by Gasteiger charge is 2.15. The van der Waals surface area contributed by atoms with E-state index in [4.69, 9.17) is 10.00 Å². The fourth-order valence-corrected chi connectivity index (χ4v) is 3.20. The van der Waals surface area contributed by atoms with Crippen molar-refractivity contribution in [3.63, 3.8) is 0 Å². The zero-order valence-corrected chi connectivity index (χ0v) is 17.1. The average Bonchev–Trinajstić information content (AvgIpc) is 2.64. The van der Waals surface area contributed by atoms with Gasteiger partial charge in [-0.1, -0.05) is 24.3 Å². The molecule has 2 aromatic carbocycles. The highest BCUT2D eigenvalue weighted by molar-refractivity contribution is 7.92. The van der Waals surface area contributed by atoms with E-state index in [2.05, 4.69) is 21.4 Å². The molecule has 2 rings (SSSR count). The smallest absolute Gasteiger partial charge is 0.319 e. The molecule has 8 nitrogen and oxygen atoms in total. The highest BCUT2D eigenvalue weighted by Crippen LogP contribution is 2.24. The van der Waals surface area contributed by atoms with E-state index >= 15 is 0 Å². The van der Waals surface area contributed by atoms with Gasteiger partial charge in [-0.25, -0.2) is 13.2 Å². The van der Waals surface area contributed by atoms with E-state index < -0.39 is 22.1 Å². The number of hydrogen-bond donors (Lipinski definition) is 3. The van der Waals surface area contributed by atoms with Crippen molar-refractivity contribution in [3.05, 3.63) is 54.1 Å². The Morgan fingerprint density at radius 2 is 1.97 bits per heavy atom. The Balaban J connectivity index is 1.98. The molecule has 0 aliphatic rings. The number of rotatable bonds is 9. The van der Waals surface area contributed by atoms with Crippen molar-refractivity contribution in [2.45, 2.75) is 25.8 Å². The monoisotopic (exact) mass is 416 g/mol. The number of nitrogens with one attached hydrogen (secondary N) is 3. The van der Waals surface area contributed by atoms with E-state index in [1.54, 1.807) is 55.5 Å². The molecule has 0 heterocycles. The SMILES string of the molecule is C[C@H](NC(=O)Nc1cccc(OCCCC#N)c1)c1ccccc1NS(C)(=O)=O. The molecule has 0 bridgehead atoms. The van der Waals surface area contributed by atoms with E-state index in [0.717, 1.165) is 6.26 Å². The van der Waals surface area contributed by atoms with Crippen LogP contribution in [0.4, 0.5) is 16.2 Å². The number of carbonyl (C=O) groups is 1. The molecule has 0 saturated carbocycles. The average molecular weight is 417 g/mol. The first kappa shape index (κ1) is 22.0. The van der Waals surface area contributed by atoms with E-state index in [1.165, 1.54) is 0 Å². The van der Waals surface area contributed by atoms with Gasteiger partial charge in [0.25, 0.3) is 0 Å². The quantitative estimate of drug-likeness (QED) is 0.539. The third-order valence-electron chi connectivity index (χ3n) is 3.86. The third-order valence-corrected chi connectivity index (χ3v) is 4.45. The third kappa shape index (κ3) is 7.71. The van der Waals surface area contributed by atoms with Gasteiger partial charge in [0.15, 0.2) is 0 Å². The lowest BCUT2D eigenvalue weighted by Crippen LogP contribution is -2.31. The van der Waals surface area contributed by atoms with Crippen LogP contribution >= 0.6 is 0 Å². The Kier molecular flexibility index (Phi) is 7.86. The van der Waals surface area contributed by atoms with Crippen molar-refractivity contribution >= 4 is 27.4 Å². The Morgan fingerprint density at radius 3 is 2.69 bits per heavy atom. The minimum absolute atomic E-state index is 0.413. The largest absolute Gasteiger partial charge is 0.493 e. The zero-order valence-electron chi connectivity index (χ0n) is 16.3. The van der Waals surface area contributed by atoms with Crippen LogP contribution < -0.4 is 20.1 Å². The molecule has 29 heavy (non-hydrogen) atoms. The normalized spacial score (nSPS) is 11.8. The maximum absolute atomic E-state index is 12.4. The molecular weight excluding hydrogens is 392 g/mol. The molecule has 2 aromatic rings. The van der Waals surface area contributed by atoms with Crippen LogP contribution in [0.2, 0.25) is 0 Å². The molecule has 0 unspecified atom stereocenters. The predicted molar refractivity (Wildman–Crippen MR) is 112 cm³/mol. The van der Waals surface area contributed by atoms with Gasteiger partial charge in [0.1, 0.15) is 5.75 Å². The molecular formula is C20H24N4O4S. The molecule has 1 atom stereocenters. The number of unbranched alkanes of at least 4 members (excludes halogenated alkanes) is 1. The molecule has 2 amide bonds. The summed E-state index contributed by atoms with van der Waals surface area (Å²) in [5.41, 5.74) is 1.60. The molecule has 154 valence electrons. The van der Waals surface area contributed by atoms with Crippen LogP contribution in [0.3, 0.4) is 0 Å². The molecule has 0 aliphatic carbocycles. The first-order valence-electron chi connectivity index (χ1n) is 9.02. The van der Waals surface area contributed by atoms with E-state index in [9.17, 15) is 13.2 Å². The number of benzene rings is 2. The molecule has 0 aliphatic heterocycles. The summed E-state index contributed by atoms with van der Waals surface area (Å²) in [7, 11) is -3.44. The van der Waals surface area contributed by atoms with E-state index in [1.807, 2.05) is 0 Å². The number of para-hydroxylation sites is 1. The van der Waals surface area contributed by atoms with Crippen LogP contribution in [0.5, 0.6) is 5.75 Å². The molecule has 0 fully saturated rings. The summed E-state index contributed by atoms with van der Waals surface area (Å²) >= 11 is 0. The predicted octanol–water partition coefficient (Wildman–Crippen LogP) is 3.62. The van der Waals surface area contributed by atoms with Crippen LogP contribution in [0.1, 0.15) is 31.4 Å². The van der Waals surface area contributed by atoms with Crippen LogP contribution in [0, 0.1) is 11.3 Å². The summed E-state index contributed by atoms with van der Waals surface area (Å²) in [5, 5.41) is 14.1. The number of carbonyl (C=O) groups excluding carboxylic acids is 1. The summed E-state index contributed by atoms with van der Waals surface area (Å²) in [6.07, 6.45) is 2.13. The van der Waals surface area contributed by atoms with Crippen LogP contribution in [0.25, 0.3) is 0 Å². The van der Waals surface area contributed by atoms with Crippen LogP contribution in [-0.4, -0.2) is 27.3 Å². The number of anilines is 2. The van der Waals surface area contributed by atoms with Gasteiger partial charge in [-0.2, -0.15) is 5.26 Å². The van der Waals surface area contributed by atoms with Crippen molar-refractivity contribution in [3.8, 4) is 11.8 Å². The van der Waals surface area contributed by atoms with Gasteiger partial charge < -0.3 is 15.4 Å². The minimum Gasteiger partial charge on any atom is -0.493 e. The molecule has 0 spiro atoms. The van der Waals surface area contributed by atoms with Gasteiger partial charge in [0.2, 0.25) is 10.0 Å². The van der Waals surface area contributed by atoms with Gasteiger partial charge in [-0.3, -0.25) is 4.72 Å². The fraction of sp³-hybridized carbons (Fsp3) is 0.300. The van der Waals surface area contributed by atoms with Gasteiger partial charge >= 0.3 is 6.03 Å².